The first-order chi connectivity index (χ1) is 6.72. The van der Waals surface area contributed by atoms with Crippen molar-refractivity contribution in [3.05, 3.63) is 11.1 Å². The minimum Gasteiger partial charge on any atom is -0.300 e. The fraction of sp³-hybridized carbons (Fsp3) is 0.600. The second-order valence-electron chi connectivity index (χ2n) is 3.10. The summed E-state index contributed by atoms with van der Waals surface area (Å²) in [6.45, 7) is 3.92. The highest BCUT2D eigenvalue weighted by molar-refractivity contribution is 8.00. The molecule has 0 unspecified atom stereocenters. The fourth-order valence-corrected chi connectivity index (χ4v) is 2.86. The smallest absolute Gasteiger partial charge is 0.150 e. The average Bonchev–Trinajstić information content (AvgIpc) is 2.58. The molecule has 0 saturated heterocycles. The third-order valence-electron chi connectivity index (χ3n) is 1.82. The number of rotatable bonds is 6. The van der Waals surface area contributed by atoms with E-state index in [9.17, 15) is 4.79 Å². The number of carbonyl (C=O) groups is 1. The average molecular weight is 229 g/mol. The first-order valence-electron chi connectivity index (χ1n) is 4.79. The van der Waals surface area contributed by atoms with Crippen LogP contribution >= 0.6 is 23.1 Å². The van der Waals surface area contributed by atoms with Crippen LogP contribution in [-0.4, -0.2) is 16.5 Å². The van der Waals surface area contributed by atoms with E-state index in [0.29, 0.717) is 18.6 Å². The Labute approximate surface area is 93.1 Å². The maximum absolute atomic E-state index is 11.0. The van der Waals surface area contributed by atoms with Gasteiger partial charge < -0.3 is 0 Å². The summed E-state index contributed by atoms with van der Waals surface area (Å²) in [5.41, 5.74) is 1.09. The topological polar surface area (TPSA) is 30.0 Å². The molecule has 0 aliphatic rings. The number of Topliss-reactive ketones (excluding diaryl/α,β-unsaturated/α-hetero) is 1. The lowest BCUT2D eigenvalue weighted by atomic mass is 10.2. The Morgan fingerprint density at radius 2 is 2.43 bits per heavy atom. The van der Waals surface area contributed by atoms with Crippen molar-refractivity contribution < 1.29 is 4.79 Å². The highest BCUT2D eigenvalue weighted by atomic mass is 32.2. The minimum atomic E-state index is 0.362. The van der Waals surface area contributed by atoms with Crippen LogP contribution in [-0.2, 0) is 4.79 Å². The van der Waals surface area contributed by atoms with E-state index in [-0.39, 0.29) is 0 Å². The van der Waals surface area contributed by atoms with Gasteiger partial charge in [0.1, 0.15) is 10.1 Å². The van der Waals surface area contributed by atoms with E-state index in [2.05, 4.69) is 10.4 Å². The summed E-state index contributed by atoms with van der Waals surface area (Å²) in [5.74, 6) is 1.36. The van der Waals surface area contributed by atoms with Crippen LogP contribution < -0.4 is 0 Å². The lowest BCUT2D eigenvalue weighted by molar-refractivity contribution is -0.118. The van der Waals surface area contributed by atoms with Gasteiger partial charge >= 0.3 is 0 Å². The molecule has 0 aliphatic carbocycles. The predicted octanol–water partition coefficient (Wildman–Crippen LogP) is 3.30. The van der Waals surface area contributed by atoms with Crippen molar-refractivity contribution in [2.24, 2.45) is 0 Å². The number of aryl methyl sites for hydroxylation is 1. The molecule has 0 atom stereocenters. The zero-order valence-electron chi connectivity index (χ0n) is 8.58. The Bertz CT molecular complexity index is 296. The van der Waals surface area contributed by atoms with Crippen molar-refractivity contribution in [2.45, 2.75) is 37.4 Å². The summed E-state index contributed by atoms with van der Waals surface area (Å²) in [5, 5.41) is 2.06. The van der Waals surface area contributed by atoms with E-state index in [4.69, 9.17) is 0 Å². The van der Waals surface area contributed by atoms with Gasteiger partial charge in [0.15, 0.2) is 0 Å². The highest BCUT2D eigenvalue weighted by Gasteiger charge is 2.01. The third-order valence-corrected chi connectivity index (χ3v) is 4.04. The molecule has 0 N–H and O–H groups in total. The van der Waals surface area contributed by atoms with Crippen LogP contribution in [0.3, 0.4) is 0 Å². The molecule has 1 rings (SSSR count). The summed E-state index contributed by atoms with van der Waals surface area (Å²) in [4.78, 5) is 15.3. The molecule has 0 saturated carbocycles. The lowest BCUT2D eigenvalue weighted by Gasteiger charge is -1.96. The monoisotopic (exact) mass is 229 g/mol. The number of nitrogens with zero attached hydrogens (tertiary/aromatic N) is 1. The summed E-state index contributed by atoms with van der Waals surface area (Å²) < 4.78 is 1.12. The Kier molecular flexibility index (Phi) is 5.19. The zero-order valence-corrected chi connectivity index (χ0v) is 10.2. The van der Waals surface area contributed by atoms with Crippen LogP contribution in [0, 0.1) is 6.92 Å². The zero-order chi connectivity index (χ0) is 10.4. The summed E-state index contributed by atoms with van der Waals surface area (Å²) in [7, 11) is 0. The number of hydrogen-bond acceptors (Lipinski definition) is 4. The van der Waals surface area contributed by atoms with Crippen LogP contribution in [0.2, 0.25) is 0 Å². The first-order valence-corrected chi connectivity index (χ1v) is 6.65. The van der Waals surface area contributed by atoms with Crippen LogP contribution in [0.15, 0.2) is 9.72 Å². The summed E-state index contributed by atoms with van der Waals surface area (Å²) >= 11 is 3.43. The molecular formula is C10H15NOS2. The Morgan fingerprint density at radius 1 is 1.64 bits per heavy atom. The van der Waals surface area contributed by atoms with E-state index in [1.807, 2.05) is 13.8 Å². The van der Waals surface area contributed by atoms with Gasteiger partial charge in [0, 0.05) is 29.7 Å². The van der Waals surface area contributed by atoms with Crippen molar-refractivity contribution in [3.8, 4) is 0 Å². The molecule has 0 bridgehead atoms. The van der Waals surface area contributed by atoms with E-state index in [1.54, 1.807) is 23.1 Å². The molecule has 4 heteroatoms. The molecule has 1 aromatic rings. The lowest BCUT2D eigenvalue weighted by Crippen LogP contribution is -1.95. The van der Waals surface area contributed by atoms with Crippen molar-refractivity contribution in [3.63, 3.8) is 0 Å². The maximum atomic E-state index is 11.0. The number of aromatic nitrogens is 1. The quantitative estimate of drug-likeness (QED) is 0.554. The molecule has 0 aliphatic heterocycles. The third kappa shape index (κ3) is 4.24. The van der Waals surface area contributed by atoms with Crippen LogP contribution in [0.5, 0.6) is 0 Å². The predicted molar refractivity (Wildman–Crippen MR) is 62.1 cm³/mol. The van der Waals surface area contributed by atoms with E-state index >= 15 is 0 Å². The van der Waals surface area contributed by atoms with E-state index in [0.717, 1.165) is 22.2 Å². The number of hydrogen-bond donors (Lipinski definition) is 0. The Balaban J connectivity index is 2.13. The normalized spacial score (nSPS) is 10.4. The van der Waals surface area contributed by atoms with Gasteiger partial charge in [0.05, 0.1) is 0 Å². The first kappa shape index (κ1) is 11.7. The van der Waals surface area contributed by atoms with Crippen LogP contribution in [0.4, 0.5) is 0 Å². The number of ketones is 1. The maximum Gasteiger partial charge on any atom is 0.150 e. The molecule has 0 aromatic carbocycles. The summed E-state index contributed by atoms with van der Waals surface area (Å²) in [6.07, 6.45) is 2.35. The van der Waals surface area contributed by atoms with Crippen molar-refractivity contribution >= 4 is 28.9 Å². The van der Waals surface area contributed by atoms with Gasteiger partial charge in [-0.15, -0.1) is 11.3 Å². The van der Waals surface area contributed by atoms with Gasteiger partial charge in [-0.3, -0.25) is 4.79 Å². The van der Waals surface area contributed by atoms with Gasteiger partial charge in [-0.05, 0) is 13.3 Å². The van der Waals surface area contributed by atoms with Gasteiger partial charge in [-0.2, -0.15) is 0 Å². The fourth-order valence-electron chi connectivity index (χ4n) is 1.00. The minimum absolute atomic E-state index is 0.362. The largest absolute Gasteiger partial charge is 0.300 e. The molecule has 2 nitrogen and oxygen atoms in total. The highest BCUT2D eigenvalue weighted by Crippen LogP contribution is 2.23. The molecule has 14 heavy (non-hydrogen) atoms. The summed E-state index contributed by atoms with van der Waals surface area (Å²) in [6, 6.07) is 0. The number of thiazole rings is 1. The van der Waals surface area contributed by atoms with Crippen molar-refractivity contribution in [2.75, 3.05) is 5.75 Å². The Hall–Kier alpha value is -0.350. The molecule has 0 radical (unpaired) electrons. The Morgan fingerprint density at radius 3 is 3.00 bits per heavy atom. The molecule has 78 valence electrons. The molecule has 0 fully saturated rings. The van der Waals surface area contributed by atoms with Gasteiger partial charge in [-0.25, -0.2) is 4.98 Å². The molecular weight excluding hydrogens is 214 g/mol. The second-order valence-corrected chi connectivity index (χ2v) is 5.30. The molecule has 1 aromatic heterocycles. The number of carbonyl (C=O) groups excluding carboxylic acids is 1. The van der Waals surface area contributed by atoms with Gasteiger partial charge in [0.2, 0.25) is 0 Å². The van der Waals surface area contributed by atoms with Crippen molar-refractivity contribution in [1.82, 2.24) is 4.98 Å². The van der Waals surface area contributed by atoms with E-state index in [1.165, 1.54) is 0 Å². The van der Waals surface area contributed by atoms with Gasteiger partial charge in [0.25, 0.3) is 0 Å². The van der Waals surface area contributed by atoms with E-state index < -0.39 is 0 Å². The standard InChI is InChI=1S/C10H15NOS2/c1-3-9(12)5-4-6-13-10-11-8(2)7-14-10/h7H,3-6H2,1-2H3. The SMILES string of the molecule is CCC(=O)CCCSc1nc(C)cs1. The molecule has 0 spiro atoms. The van der Waals surface area contributed by atoms with Crippen molar-refractivity contribution in [1.29, 1.82) is 0 Å². The molecule has 1 heterocycles. The van der Waals surface area contributed by atoms with Crippen LogP contribution in [0.1, 0.15) is 31.9 Å². The number of thioether (sulfide) groups is 1. The molecule has 0 amide bonds. The van der Waals surface area contributed by atoms with Gasteiger partial charge in [-0.1, -0.05) is 18.7 Å². The second kappa shape index (κ2) is 6.19. The van der Waals surface area contributed by atoms with Crippen LogP contribution in [0.25, 0.3) is 0 Å².